The molecule has 1 N–H and O–H groups in total. The normalized spacial score (nSPS) is 14.2. The molecule has 1 unspecified atom stereocenters. The predicted molar refractivity (Wildman–Crippen MR) is 143 cm³/mol. The van der Waals surface area contributed by atoms with Crippen molar-refractivity contribution >= 4 is 11.8 Å². The SMILES string of the molecule is Cc1cc(C)cc(OCC(=O)N(Cc2ccccc2F)C(Cc2ccccc2)C(=O)NC2CCCC2)c1. The van der Waals surface area contributed by atoms with E-state index < -0.39 is 11.9 Å². The first-order valence-corrected chi connectivity index (χ1v) is 13.0. The van der Waals surface area contributed by atoms with Crippen LogP contribution >= 0.6 is 0 Å². The van der Waals surface area contributed by atoms with Gasteiger partial charge in [0.05, 0.1) is 0 Å². The number of ether oxygens (including phenoxy) is 1. The molecular formula is C31H35FN2O3. The van der Waals surface area contributed by atoms with Crippen LogP contribution in [0.3, 0.4) is 0 Å². The van der Waals surface area contributed by atoms with Gasteiger partial charge >= 0.3 is 0 Å². The molecule has 1 aliphatic rings. The number of carbonyl (C=O) groups is 2. The highest BCUT2D eigenvalue weighted by Crippen LogP contribution is 2.21. The molecule has 0 bridgehead atoms. The van der Waals surface area contributed by atoms with Crippen molar-refractivity contribution in [2.45, 2.75) is 64.6 Å². The second-order valence-corrected chi connectivity index (χ2v) is 9.92. The van der Waals surface area contributed by atoms with E-state index >= 15 is 0 Å². The third-order valence-corrected chi connectivity index (χ3v) is 6.83. The van der Waals surface area contributed by atoms with Crippen LogP contribution in [0.2, 0.25) is 0 Å². The molecule has 37 heavy (non-hydrogen) atoms. The fourth-order valence-corrected chi connectivity index (χ4v) is 4.98. The quantitative estimate of drug-likeness (QED) is 0.397. The molecule has 3 aromatic rings. The number of rotatable bonds is 10. The van der Waals surface area contributed by atoms with Crippen molar-refractivity contribution in [2.24, 2.45) is 0 Å². The summed E-state index contributed by atoms with van der Waals surface area (Å²) in [5.41, 5.74) is 3.34. The lowest BCUT2D eigenvalue weighted by molar-refractivity contribution is -0.143. The van der Waals surface area contributed by atoms with Gasteiger partial charge in [-0.25, -0.2) is 4.39 Å². The van der Waals surface area contributed by atoms with Gasteiger partial charge < -0.3 is 15.0 Å². The molecule has 1 atom stereocenters. The number of hydrogen-bond donors (Lipinski definition) is 1. The van der Waals surface area contributed by atoms with Gasteiger partial charge in [0.2, 0.25) is 5.91 Å². The summed E-state index contributed by atoms with van der Waals surface area (Å²) < 4.78 is 20.6. The lowest BCUT2D eigenvalue weighted by Crippen LogP contribution is -2.53. The molecule has 0 aromatic heterocycles. The minimum absolute atomic E-state index is 0.0305. The number of halogens is 1. The van der Waals surface area contributed by atoms with Gasteiger partial charge in [-0.1, -0.05) is 67.4 Å². The third-order valence-electron chi connectivity index (χ3n) is 6.83. The lowest BCUT2D eigenvalue weighted by Gasteiger charge is -2.32. The molecular weight excluding hydrogens is 467 g/mol. The number of nitrogens with one attached hydrogen (secondary N) is 1. The van der Waals surface area contributed by atoms with Crippen LogP contribution in [0.15, 0.2) is 72.8 Å². The molecule has 4 rings (SSSR count). The average molecular weight is 503 g/mol. The van der Waals surface area contributed by atoms with Crippen LogP contribution in [0.25, 0.3) is 0 Å². The van der Waals surface area contributed by atoms with Crippen molar-refractivity contribution in [1.82, 2.24) is 10.2 Å². The van der Waals surface area contributed by atoms with E-state index in [1.54, 1.807) is 18.2 Å². The van der Waals surface area contributed by atoms with Gasteiger partial charge in [0, 0.05) is 24.6 Å². The fourth-order valence-electron chi connectivity index (χ4n) is 4.98. The van der Waals surface area contributed by atoms with Crippen molar-refractivity contribution in [3.63, 3.8) is 0 Å². The summed E-state index contributed by atoms with van der Waals surface area (Å²) in [6.45, 7) is 3.65. The maximum absolute atomic E-state index is 14.7. The van der Waals surface area contributed by atoms with Gasteiger partial charge in [-0.2, -0.15) is 0 Å². The molecule has 0 aliphatic heterocycles. The molecule has 0 saturated heterocycles. The second kappa shape index (κ2) is 12.5. The highest BCUT2D eigenvalue weighted by atomic mass is 19.1. The van der Waals surface area contributed by atoms with Crippen LogP contribution in [0.1, 0.15) is 47.9 Å². The Kier molecular flexibility index (Phi) is 8.94. The Bertz CT molecular complexity index is 1190. The van der Waals surface area contributed by atoms with Gasteiger partial charge in [-0.15, -0.1) is 0 Å². The fraction of sp³-hybridized carbons (Fsp3) is 0.355. The molecule has 1 fully saturated rings. The maximum Gasteiger partial charge on any atom is 0.261 e. The molecule has 194 valence electrons. The number of nitrogens with zero attached hydrogens (tertiary/aromatic N) is 1. The van der Waals surface area contributed by atoms with Gasteiger partial charge in [0.15, 0.2) is 6.61 Å². The molecule has 1 saturated carbocycles. The van der Waals surface area contributed by atoms with E-state index in [0.717, 1.165) is 42.4 Å². The Morgan fingerprint density at radius 2 is 1.62 bits per heavy atom. The molecule has 0 heterocycles. The largest absolute Gasteiger partial charge is 0.484 e. The molecule has 2 amide bonds. The summed E-state index contributed by atoms with van der Waals surface area (Å²) in [4.78, 5) is 28.8. The Morgan fingerprint density at radius 3 is 2.30 bits per heavy atom. The highest BCUT2D eigenvalue weighted by molar-refractivity contribution is 5.88. The van der Waals surface area contributed by atoms with Crippen LogP contribution in [0.5, 0.6) is 5.75 Å². The molecule has 0 radical (unpaired) electrons. The van der Waals surface area contributed by atoms with Gasteiger partial charge in [-0.3, -0.25) is 9.59 Å². The summed E-state index contributed by atoms with van der Waals surface area (Å²) >= 11 is 0. The number of benzene rings is 3. The van der Waals surface area contributed by atoms with Crippen LogP contribution in [-0.2, 0) is 22.6 Å². The zero-order chi connectivity index (χ0) is 26.2. The first kappa shape index (κ1) is 26.4. The summed E-state index contributed by atoms with van der Waals surface area (Å²) in [5, 5.41) is 3.16. The number of aryl methyl sites for hydroxylation is 2. The number of hydrogen-bond acceptors (Lipinski definition) is 3. The van der Waals surface area contributed by atoms with E-state index in [0.29, 0.717) is 17.7 Å². The first-order valence-electron chi connectivity index (χ1n) is 13.0. The maximum atomic E-state index is 14.7. The highest BCUT2D eigenvalue weighted by Gasteiger charge is 2.32. The number of amides is 2. The van der Waals surface area contributed by atoms with Crippen LogP contribution in [0.4, 0.5) is 4.39 Å². The first-order chi connectivity index (χ1) is 17.9. The Labute approximate surface area is 218 Å². The van der Waals surface area contributed by atoms with E-state index in [1.165, 1.54) is 11.0 Å². The summed E-state index contributed by atoms with van der Waals surface area (Å²) in [6, 6.07) is 21.0. The van der Waals surface area contributed by atoms with Crippen LogP contribution in [0, 0.1) is 19.7 Å². The number of carbonyl (C=O) groups excluding carboxylic acids is 2. The van der Waals surface area contributed by atoms with Crippen molar-refractivity contribution in [3.8, 4) is 5.75 Å². The van der Waals surface area contributed by atoms with Crippen molar-refractivity contribution in [3.05, 3.63) is 101 Å². The van der Waals surface area contributed by atoms with Gasteiger partial charge in [0.25, 0.3) is 5.91 Å². The molecule has 3 aromatic carbocycles. The average Bonchev–Trinajstić information content (AvgIpc) is 3.39. The molecule has 6 heteroatoms. The minimum Gasteiger partial charge on any atom is -0.484 e. The Morgan fingerprint density at radius 1 is 0.973 bits per heavy atom. The van der Waals surface area contributed by atoms with E-state index in [2.05, 4.69) is 5.32 Å². The zero-order valence-electron chi connectivity index (χ0n) is 21.6. The predicted octanol–water partition coefficient (Wildman–Crippen LogP) is 5.52. The molecule has 1 aliphatic carbocycles. The van der Waals surface area contributed by atoms with E-state index in [4.69, 9.17) is 4.74 Å². The Balaban J connectivity index is 1.62. The minimum atomic E-state index is -0.807. The van der Waals surface area contributed by atoms with Gasteiger partial charge in [0.1, 0.15) is 17.6 Å². The van der Waals surface area contributed by atoms with Gasteiger partial charge in [-0.05, 0) is 61.6 Å². The van der Waals surface area contributed by atoms with Crippen molar-refractivity contribution < 1.29 is 18.7 Å². The lowest BCUT2D eigenvalue weighted by atomic mass is 10.0. The summed E-state index contributed by atoms with van der Waals surface area (Å²) in [7, 11) is 0. The third kappa shape index (κ3) is 7.42. The topological polar surface area (TPSA) is 58.6 Å². The van der Waals surface area contributed by atoms with Crippen LogP contribution < -0.4 is 10.1 Å². The second-order valence-electron chi connectivity index (χ2n) is 9.92. The van der Waals surface area contributed by atoms with E-state index in [1.807, 2.05) is 62.4 Å². The van der Waals surface area contributed by atoms with Crippen LogP contribution in [-0.4, -0.2) is 35.4 Å². The summed E-state index contributed by atoms with van der Waals surface area (Å²) in [6.07, 6.45) is 4.34. The molecule has 5 nitrogen and oxygen atoms in total. The zero-order valence-corrected chi connectivity index (χ0v) is 21.6. The smallest absolute Gasteiger partial charge is 0.261 e. The van der Waals surface area contributed by atoms with E-state index in [9.17, 15) is 14.0 Å². The van der Waals surface area contributed by atoms with Crippen molar-refractivity contribution in [2.75, 3.05) is 6.61 Å². The standard InChI is InChI=1S/C31H35FN2O3/c1-22-16-23(2)18-27(17-22)37-21-30(35)34(20-25-12-6-9-15-28(25)32)29(19-24-10-4-3-5-11-24)31(36)33-26-13-7-8-14-26/h3-6,9-12,15-18,26,29H,7-8,13-14,19-21H2,1-2H3,(H,33,36). The molecule has 0 spiro atoms. The summed E-state index contributed by atoms with van der Waals surface area (Å²) in [5.74, 6) is -0.409. The Hall–Kier alpha value is -3.67. The van der Waals surface area contributed by atoms with Crippen molar-refractivity contribution in [1.29, 1.82) is 0 Å². The monoisotopic (exact) mass is 502 g/mol. The van der Waals surface area contributed by atoms with E-state index in [-0.39, 0.29) is 31.0 Å².